The molecule has 10 rings (SSSR count). The number of anilines is 1. The number of alkyl halides is 2. The minimum atomic E-state index is -2.80. The van der Waals surface area contributed by atoms with Crippen LogP contribution in [0.2, 0.25) is 0 Å². The number of benzene rings is 1. The number of primary amides is 1. The Labute approximate surface area is 347 Å². The van der Waals surface area contributed by atoms with E-state index in [1.54, 1.807) is 58.0 Å². The third kappa shape index (κ3) is 6.93. The molecule has 0 radical (unpaired) electrons. The molecule has 1 aromatic carbocycles. The summed E-state index contributed by atoms with van der Waals surface area (Å²) in [5.41, 5.74) is 8.60. The molecule has 1 atom stereocenters. The average molecular weight is 835 g/mol. The number of hydrogen-bond donors (Lipinski definition) is 3. The summed E-state index contributed by atoms with van der Waals surface area (Å²) in [6.45, 7) is 3.85. The van der Waals surface area contributed by atoms with Crippen LogP contribution in [0.1, 0.15) is 107 Å². The van der Waals surface area contributed by atoms with Gasteiger partial charge in [-0.1, -0.05) is 11.3 Å². The van der Waals surface area contributed by atoms with Gasteiger partial charge in [0.1, 0.15) is 17.4 Å². The van der Waals surface area contributed by atoms with E-state index >= 15 is 0 Å². The van der Waals surface area contributed by atoms with Crippen LogP contribution in [0.15, 0.2) is 55.0 Å². The number of rotatable bonds is 12. The largest absolute Gasteiger partial charge is 0.384 e. The lowest BCUT2D eigenvalue weighted by molar-refractivity contribution is -0.136. The quantitative estimate of drug-likeness (QED) is 0.152. The molecule has 5 amide bonds. The van der Waals surface area contributed by atoms with Gasteiger partial charge in [-0.3, -0.25) is 38.9 Å². The highest BCUT2D eigenvalue weighted by Crippen LogP contribution is 2.53. The van der Waals surface area contributed by atoms with Crippen molar-refractivity contribution >= 4 is 40.7 Å². The van der Waals surface area contributed by atoms with Gasteiger partial charge in [0, 0.05) is 38.3 Å². The summed E-state index contributed by atoms with van der Waals surface area (Å²) in [5.74, 6) is -1.53. The molecular weight excluding hydrogens is 791 g/mol. The molecule has 17 nitrogen and oxygen atoms in total. The normalized spacial score (nSPS) is 22.8. The lowest BCUT2D eigenvalue weighted by Gasteiger charge is -2.60. The van der Waals surface area contributed by atoms with E-state index in [0.29, 0.717) is 46.4 Å². The predicted molar refractivity (Wildman–Crippen MR) is 214 cm³/mol. The van der Waals surface area contributed by atoms with Crippen molar-refractivity contribution in [3.8, 4) is 17.1 Å². The Morgan fingerprint density at radius 2 is 1.79 bits per heavy atom. The number of hydrogen-bond acceptors (Lipinski definition) is 11. The number of nitrogens with zero attached hydrogens (tertiary/aromatic N) is 9. The van der Waals surface area contributed by atoms with Gasteiger partial charge in [-0.2, -0.15) is 10.2 Å². The van der Waals surface area contributed by atoms with Crippen LogP contribution in [0.5, 0.6) is 0 Å². The van der Waals surface area contributed by atoms with Crippen molar-refractivity contribution in [2.45, 2.75) is 76.3 Å². The van der Waals surface area contributed by atoms with Crippen LogP contribution in [0.4, 0.5) is 14.5 Å². The smallest absolute Gasteiger partial charge is 0.284 e. The van der Waals surface area contributed by atoms with Crippen LogP contribution in [-0.4, -0.2) is 106 Å². The number of piperidine rings is 1. The molecule has 2 aliphatic carbocycles. The fourth-order valence-electron chi connectivity index (χ4n) is 10.4. The maximum absolute atomic E-state index is 14.3. The molecule has 1 unspecified atom stereocenters. The van der Waals surface area contributed by atoms with Gasteiger partial charge < -0.3 is 16.0 Å². The molecule has 1 spiro atoms. The Morgan fingerprint density at radius 1 is 0.984 bits per heavy atom. The van der Waals surface area contributed by atoms with E-state index in [1.807, 2.05) is 0 Å². The van der Waals surface area contributed by atoms with E-state index in [0.717, 1.165) is 69.5 Å². The Morgan fingerprint density at radius 3 is 2.54 bits per heavy atom. The predicted octanol–water partition coefficient (Wildman–Crippen LogP) is 4.16. The summed E-state index contributed by atoms with van der Waals surface area (Å²) >= 11 is 0. The van der Waals surface area contributed by atoms with Crippen molar-refractivity contribution < 1.29 is 32.8 Å². The zero-order chi connectivity index (χ0) is 42.2. The van der Waals surface area contributed by atoms with E-state index < -0.39 is 42.0 Å². The van der Waals surface area contributed by atoms with E-state index in [4.69, 9.17) is 5.73 Å². The molecule has 7 heterocycles. The number of halogens is 2. The second kappa shape index (κ2) is 15.0. The van der Waals surface area contributed by atoms with Gasteiger partial charge in [0.15, 0.2) is 5.69 Å². The molecule has 61 heavy (non-hydrogen) atoms. The van der Waals surface area contributed by atoms with Gasteiger partial charge in [0.25, 0.3) is 18.2 Å². The highest BCUT2D eigenvalue weighted by Gasteiger charge is 2.52. The van der Waals surface area contributed by atoms with Crippen LogP contribution in [0.25, 0.3) is 22.6 Å². The lowest BCUT2D eigenvalue weighted by Crippen LogP contribution is -2.63. The summed E-state index contributed by atoms with van der Waals surface area (Å²) in [7, 11) is 0. The molecule has 2 saturated carbocycles. The number of likely N-dealkylation sites (tertiary alicyclic amines) is 1. The third-order valence-electron chi connectivity index (χ3n) is 13.3. The Hall–Kier alpha value is -6.37. The van der Waals surface area contributed by atoms with E-state index in [1.165, 1.54) is 10.9 Å². The van der Waals surface area contributed by atoms with Crippen molar-refractivity contribution in [2.75, 3.05) is 31.5 Å². The van der Waals surface area contributed by atoms with Crippen molar-refractivity contribution in [1.29, 1.82) is 0 Å². The molecule has 4 fully saturated rings. The number of fused-ring (bicyclic) bond motifs is 2. The summed E-state index contributed by atoms with van der Waals surface area (Å²) in [4.78, 5) is 65.8. The Bertz CT molecular complexity index is 2600. The molecule has 5 aliphatic rings. The van der Waals surface area contributed by atoms with Crippen LogP contribution in [0, 0.1) is 17.3 Å². The Kier molecular flexibility index (Phi) is 9.52. The fraction of sp³-hybridized carbons (Fsp3) is 0.452. The SMILES string of the molecule is NC(=O)c1cnn2c(-c3cn(-c4cn(C5CCC(CN6CC7(CC(CCNc8cccc9c8C(=O)N(C8CCC(=O)NC8=O)C9=O)C7)C6)CC5)nc4C(F)F)nn3)ccc2c1. The van der Waals surface area contributed by atoms with Crippen LogP contribution < -0.4 is 16.4 Å². The number of nitrogens with one attached hydrogen (secondary N) is 2. The molecule has 4 aromatic heterocycles. The second-order valence-electron chi connectivity index (χ2n) is 17.4. The summed E-state index contributed by atoms with van der Waals surface area (Å²) in [6, 6.07) is 9.27. The molecule has 0 bridgehead atoms. The fourth-order valence-corrected chi connectivity index (χ4v) is 10.4. The zero-order valence-electron chi connectivity index (χ0n) is 33.2. The molecule has 3 aliphatic heterocycles. The number of aromatic nitrogens is 7. The number of amides is 5. The van der Waals surface area contributed by atoms with Crippen LogP contribution in [-0.2, 0) is 9.59 Å². The van der Waals surface area contributed by atoms with Gasteiger partial charge >= 0.3 is 0 Å². The summed E-state index contributed by atoms with van der Waals surface area (Å²) in [5, 5.41) is 22.7. The van der Waals surface area contributed by atoms with Crippen molar-refractivity contribution in [2.24, 2.45) is 23.0 Å². The van der Waals surface area contributed by atoms with Crippen molar-refractivity contribution in [3.63, 3.8) is 0 Å². The number of imide groups is 2. The first kappa shape index (κ1) is 38.8. The number of carbonyl (C=O) groups is 5. The molecule has 2 saturated heterocycles. The summed E-state index contributed by atoms with van der Waals surface area (Å²) in [6.07, 6.45) is 8.90. The highest BCUT2D eigenvalue weighted by atomic mass is 19.3. The third-order valence-corrected chi connectivity index (χ3v) is 13.3. The maximum atomic E-state index is 14.3. The average Bonchev–Trinajstić information content (AvgIpc) is 4.02. The van der Waals surface area contributed by atoms with E-state index in [2.05, 4.69) is 36.0 Å². The first-order valence-electron chi connectivity index (χ1n) is 20.8. The van der Waals surface area contributed by atoms with Gasteiger partial charge in [-0.25, -0.2) is 18.0 Å². The Balaban J connectivity index is 0.685. The topological polar surface area (TPSA) is 208 Å². The zero-order valence-corrected chi connectivity index (χ0v) is 33.2. The van der Waals surface area contributed by atoms with Gasteiger partial charge in [0.2, 0.25) is 17.7 Å². The number of nitrogens with two attached hydrogens (primary N) is 1. The lowest BCUT2D eigenvalue weighted by atomic mass is 9.57. The molecule has 5 aromatic rings. The minimum Gasteiger partial charge on any atom is -0.384 e. The molecule has 4 N–H and O–H groups in total. The van der Waals surface area contributed by atoms with Crippen LogP contribution >= 0.6 is 0 Å². The van der Waals surface area contributed by atoms with Crippen LogP contribution in [0.3, 0.4) is 0 Å². The number of carbonyl (C=O) groups excluding carboxylic acids is 5. The van der Waals surface area contributed by atoms with E-state index in [-0.39, 0.29) is 47.0 Å². The summed E-state index contributed by atoms with van der Waals surface area (Å²) < 4.78 is 33.2. The van der Waals surface area contributed by atoms with Crippen molar-refractivity contribution in [3.05, 3.63) is 77.4 Å². The monoisotopic (exact) mass is 834 g/mol. The maximum Gasteiger partial charge on any atom is 0.284 e. The van der Waals surface area contributed by atoms with E-state index in [9.17, 15) is 32.8 Å². The van der Waals surface area contributed by atoms with Crippen molar-refractivity contribution in [1.82, 2.24) is 49.5 Å². The minimum absolute atomic E-state index is 0.00674. The highest BCUT2D eigenvalue weighted by molar-refractivity contribution is 6.25. The standard InChI is InChI=1S/C42H44F2N12O5/c43-37(44)36-33(54-19-30(49-51-54)31-9-8-27-14-25(38(45)58)17-47-56(27)31)20-53(50-36)26-6-4-23(5-7-26)18-52-21-42(22-52)15-24(16-42)12-13-46-29-3-1-2-28-35(29)41(61)55(40(28)60)32-10-11-34(57)48-39(32)59/h1-3,8-9,14,17,19-20,23-24,26,32,37,46H,4-7,10-13,15-16,18,21-22H2,(H2,45,58)(H,48,57,59). The first-order chi connectivity index (χ1) is 29.4. The first-order valence-corrected chi connectivity index (χ1v) is 20.8. The van der Waals surface area contributed by atoms with Gasteiger partial charge in [0.05, 0.1) is 52.5 Å². The molecular formula is C42H44F2N12O5. The molecule has 316 valence electrons. The van der Waals surface area contributed by atoms with Gasteiger partial charge in [-0.15, -0.1) is 5.10 Å². The molecule has 19 heteroatoms. The second-order valence-corrected chi connectivity index (χ2v) is 17.4. The van der Waals surface area contributed by atoms with Gasteiger partial charge in [-0.05, 0) is 98.9 Å².